The molecule has 0 radical (unpaired) electrons. The van der Waals surface area contributed by atoms with E-state index in [1.807, 2.05) is 0 Å². The molecule has 0 N–H and O–H groups in total. The fraction of sp³-hybridized carbons (Fsp3) is 0.727. The Balaban J connectivity index is 3.51. The third-order valence-electron chi connectivity index (χ3n) is 2.02. The lowest BCUT2D eigenvalue weighted by Crippen LogP contribution is -2.19. The summed E-state index contributed by atoms with van der Waals surface area (Å²) in [5.41, 5.74) is 0. The summed E-state index contributed by atoms with van der Waals surface area (Å²) in [6.07, 6.45) is 3.02. The van der Waals surface area contributed by atoms with Crippen molar-refractivity contribution in [2.45, 2.75) is 51.6 Å². The van der Waals surface area contributed by atoms with Crippen LogP contribution in [0.4, 0.5) is 13.2 Å². The Bertz CT molecular complexity index is 206. The molecule has 0 spiro atoms. The van der Waals surface area contributed by atoms with E-state index in [1.54, 1.807) is 0 Å². The second-order valence-electron chi connectivity index (χ2n) is 3.47. The minimum atomic E-state index is -4.72. The molecule has 0 rings (SSSR count). The van der Waals surface area contributed by atoms with Crippen LogP contribution in [-0.2, 0) is 4.79 Å². The molecule has 0 saturated carbocycles. The van der Waals surface area contributed by atoms with Crippen molar-refractivity contribution in [3.63, 3.8) is 0 Å². The molecule has 0 aromatic heterocycles. The molecular formula is C11H17F3O. The standard InChI is InChI=1S/C11H17F3O/c1-2-3-4-5-6-7-8-9-10(15)11(12,13)14/h8-9H,2-7H2,1H3. The smallest absolute Gasteiger partial charge is 0.285 e. The molecule has 0 amide bonds. The number of carbonyl (C=O) groups excluding carboxylic acids is 1. The lowest BCUT2D eigenvalue weighted by molar-refractivity contribution is -0.165. The van der Waals surface area contributed by atoms with Crippen LogP contribution in [-0.4, -0.2) is 12.0 Å². The molecule has 0 saturated heterocycles. The molecule has 0 aromatic carbocycles. The van der Waals surface area contributed by atoms with Gasteiger partial charge in [-0.2, -0.15) is 13.2 Å². The molecule has 0 fully saturated rings. The summed E-state index contributed by atoms with van der Waals surface area (Å²) < 4.78 is 35.2. The lowest BCUT2D eigenvalue weighted by Gasteiger charge is -1.99. The SMILES string of the molecule is CCCCCCCC=CC(=O)C(F)(F)F. The van der Waals surface area contributed by atoms with E-state index in [-0.39, 0.29) is 0 Å². The summed E-state index contributed by atoms with van der Waals surface area (Å²) in [6.45, 7) is 2.10. The second-order valence-corrected chi connectivity index (χ2v) is 3.47. The van der Waals surface area contributed by atoms with Crippen molar-refractivity contribution >= 4 is 5.78 Å². The van der Waals surface area contributed by atoms with Gasteiger partial charge in [-0.15, -0.1) is 0 Å². The molecule has 0 bridgehead atoms. The molecule has 4 heteroatoms. The van der Waals surface area contributed by atoms with Gasteiger partial charge in [0.15, 0.2) is 0 Å². The Morgan fingerprint density at radius 3 is 2.27 bits per heavy atom. The van der Waals surface area contributed by atoms with Gasteiger partial charge in [-0.3, -0.25) is 4.79 Å². The Labute approximate surface area is 88.4 Å². The zero-order chi connectivity index (χ0) is 11.7. The maximum atomic E-state index is 11.7. The second kappa shape index (κ2) is 7.49. The number of rotatable bonds is 7. The van der Waals surface area contributed by atoms with Gasteiger partial charge >= 0.3 is 6.18 Å². The number of halogens is 3. The topological polar surface area (TPSA) is 17.1 Å². The van der Waals surface area contributed by atoms with Crippen molar-refractivity contribution in [2.24, 2.45) is 0 Å². The third-order valence-corrected chi connectivity index (χ3v) is 2.02. The van der Waals surface area contributed by atoms with E-state index in [4.69, 9.17) is 0 Å². The van der Waals surface area contributed by atoms with Gasteiger partial charge in [-0.05, 0) is 18.9 Å². The first-order chi connectivity index (χ1) is 6.98. The number of ketones is 1. The number of allylic oxidation sites excluding steroid dienone is 2. The van der Waals surface area contributed by atoms with Gasteiger partial charge in [0.1, 0.15) is 0 Å². The highest BCUT2D eigenvalue weighted by atomic mass is 19.4. The molecule has 88 valence electrons. The molecular weight excluding hydrogens is 205 g/mol. The van der Waals surface area contributed by atoms with Crippen LogP contribution < -0.4 is 0 Å². The van der Waals surface area contributed by atoms with Crippen LogP contribution in [0.2, 0.25) is 0 Å². The van der Waals surface area contributed by atoms with Crippen LogP contribution in [0, 0.1) is 0 Å². The van der Waals surface area contributed by atoms with Crippen molar-refractivity contribution in [1.82, 2.24) is 0 Å². The van der Waals surface area contributed by atoms with Crippen LogP contribution in [0.5, 0.6) is 0 Å². The van der Waals surface area contributed by atoms with E-state index in [1.165, 1.54) is 6.08 Å². The molecule has 15 heavy (non-hydrogen) atoms. The van der Waals surface area contributed by atoms with Crippen LogP contribution in [0.3, 0.4) is 0 Å². The van der Waals surface area contributed by atoms with E-state index in [0.29, 0.717) is 12.5 Å². The third kappa shape index (κ3) is 8.21. The van der Waals surface area contributed by atoms with Gasteiger partial charge in [-0.1, -0.05) is 38.7 Å². The van der Waals surface area contributed by atoms with Gasteiger partial charge < -0.3 is 0 Å². The maximum absolute atomic E-state index is 11.7. The van der Waals surface area contributed by atoms with E-state index in [9.17, 15) is 18.0 Å². The number of unbranched alkanes of at least 4 members (excludes halogenated alkanes) is 5. The Kier molecular flexibility index (Phi) is 7.09. The molecule has 0 aliphatic carbocycles. The molecule has 0 aliphatic rings. The molecule has 0 aliphatic heterocycles. The van der Waals surface area contributed by atoms with Crippen LogP contribution in [0.15, 0.2) is 12.2 Å². The number of hydrogen-bond donors (Lipinski definition) is 0. The molecule has 0 unspecified atom stereocenters. The zero-order valence-corrected chi connectivity index (χ0v) is 8.94. The van der Waals surface area contributed by atoms with Crippen molar-refractivity contribution < 1.29 is 18.0 Å². The van der Waals surface area contributed by atoms with Crippen LogP contribution >= 0.6 is 0 Å². The van der Waals surface area contributed by atoms with Crippen molar-refractivity contribution in [3.05, 3.63) is 12.2 Å². The van der Waals surface area contributed by atoms with E-state index in [2.05, 4.69) is 6.92 Å². The summed E-state index contributed by atoms with van der Waals surface area (Å²) >= 11 is 0. The van der Waals surface area contributed by atoms with E-state index in [0.717, 1.165) is 32.1 Å². The fourth-order valence-corrected chi connectivity index (χ4v) is 1.15. The number of hydrogen-bond acceptors (Lipinski definition) is 1. The predicted molar refractivity (Wildman–Crippen MR) is 53.6 cm³/mol. The molecule has 1 nitrogen and oxygen atoms in total. The predicted octanol–water partition coefficient (Wildman–Crippen LogP) is 4.03. The highest BCUT2D eigenvalue weighted by Crippen LogP contribution is 2.16. The maximum Gasteiger partial charge on any atom is 0.454 e. The molecule has 0 heterocycles. The quantitative estimate of drug-likeness (QED) is 0.469. The van der Waals surface area contributed by atoms with Crippen LogP contribution in [0.25, 0.3) is 0 Å². The van der Waals surface area contributed by atoms with Gasteiger partial charge in [0.05, 0.1) is 0 Å². The van der Waals surface area contributed by atoms with Crippen molar-refractivity contribution in [2.75, 3.05) is 0 Å². The Morgan fingerprint density at radius 1 is 1.13 bits per heavy atom. The van der Waals surface area contributed by atoms with Crippen molar-refractivity contribution in [1.29, 1.82) is 0 Å². The summed E-state index contributed by atoms with van der Waals surface area (Å²) in [6, 6.07) is 0. The number of carbonyl (C=O) groups is 1. The summed E-state index contributed by atoms with van der Waals surface area (Å²) in [7, 11) is 0. The molecule has 0 aromatic rings. The highest BCUT2D eigenvalue weighted by molar-refractivity contribution is 5.94. The normalized spacial score (nSPS) is 12.3. The first-order valence-electron chi connectivity index (χ1n) is 5.26. The van der Waals surface area contributed by atoms with E-state index >= 15 is 0 Å². The van der Waals surface area contributed by atoms with Gasteiger partial charge in [0.2, 0.25) is 0 Å². The number of alkyl halides is 3. The van der Waals surface area contributed by atoms with Gasteiger partial charge in [0, 0.05) is 0 Å². The first kappa shape index (κ1) is 14.2. The Morgan fingerprint density at radius 2 is 1.73 bits per heavy atom. The Hall–Kier alpha value is -0.800. The van der Waals surface area contributed by atoms with Crippen molar-refractivity contribution in [3.8, 4) is 0 Å². The zero-order valence-electron chi connectivity index (χ0n) is 8.94. The monoisotopic (exact) mass is 222 g/mol. The minimum Gasteiger partial charge on any atom is -0.285 e. The van der Waals surface area contributed by atoms with E-state index < -0.39 is 12.0 Å². The van der Waals surface area contributed by atoms with Gasteiger partial charge in [0.25, 0.3) is 5.78 Å². The summed E-state index contributed by atoms with van der Waals surface area (Å²) in [4.78, 5) is 10.4. The largest absolute Gasteiger partial charge is 0.454 e. The first-order valence-corrected chi connectivity index (χ1v) is 5.26. The average Bonchev–Trinajstić information content (AvgIpc) is 2.14. The molecule has 0 atom stereocenters. The highest BCUT2D eigenvalue weighted by Gasteiger charge is 2.35. The summed E-state index contributed by atoms with van der Waals surface area (Å²) in [5.74, 6) is -1.77. The average molecular weight is 222 g/mol. The van der Waals surface area contributed by atoms with Gasteiger partial charge in [-0.25, -0.2) is 0 Å². The minimum absolute atomic E-state index is 0.547. The van der Waals surface area contributed by atoms with Crippen LogP contribution in [0.1, 0.15) is 45.4 Å². The fourth-order valence-electron chi connectivity index (χ4n) is 1.15. The lowest BCUT2D eigenvalue weighted by atomic mass is 10.1. The summed E-state index contributed by atoms with van der Waals surface area (Å²) in [5, 5.41) is 0.